The van der Waals surface area contributed by atoms with E-state index < -0.39 is 27.2 Å². The Morgan fingerprint density at radius 3 is 2.26 bits per heavy atom. The number of carbonyl (C=O) groups is 1. The molecule has 1 fully saturated rings. The van der Waals surface area contributed by atoms with Crippen molar-refractivity contribution in [1.29, 1.82) is 0 Å². The number of hydroxylamine groups is 2. The molecule has 0 bridgehead atoms. The first-order valence-corrected chi connectivity index (χ1v) is 7.98. The van der Waals surface area contributed by atoms with E-state index in [0.29, 0.717) is 13.2 Å². The van der Waals surface area contributed by atoms with Gasteiger partial charge in [-0.3, -0.25) is 25.1 Å². The highest BCUT2D eigenvalue weighted by Gasteiger charge is 2.31. The fourth-order valence-corrected chi connectivity index (χ4v) is 2.53. The summed E-state index contributed by atoms with van der Waals surface area (Å²) in [5.41, 5.74) is -0.309. The zero-order valence-electron chi connectivity index (χ0n) is 14.0. The first-order valence-electron chi connectivity index (χ1n) is 7.98. The minimum Gasteiger partial charge on any atom is -0.460 e. The topological polar surface area (TPSA) is 125 Å². The number of ether oxygens (including phenoxy) is 1. The number of carbonyl (C=O) groups excluding carboxylic acids is 1. The lowest BCUT2D eigenvalue weighted by Crippen LogP contribution is -2.52. The zero-order valence-corrected chi connectivity index (χ0v) is 14.0. The molecule has 3 rings (SSSR count). The van der Waals surface area contributed by atoms with Crippen molar-refractivity contribution in [1.82, 2.24) is 5.06 Å². The quantitative estimate of drug-likeness (QED) is 0.412. The molecule has 140 valence electrons. The van der Waals surface area contributed by atoms with Gasteiger partial charge < -0.3 is 4.74 Å². The maximum atomic E-state index is 12.2. The number of non-ortho nitro benzene ring substituents is 2. The van der Waals surface area contributed by atoms with Gasteiger partial charge in [-0.05, 0) is 5.56 Å². The molecule has 1 atom stereocenters. The van der Waals surface area contributed by atoms with E-state index in [1.165, 1.54) is 0 Å². The molecule has 0 aliphatic carbocycles. The Kier molecular flexibility index (Phi) is 5.38. The van der Waals surface area contributed by atoms with Gasteiger partial charge in [0.15, 0.2) is 0 Å². The first-order chi connectivity index (χ1) is 12.9. The van der Waals surface area contributed by atoms with Crippen LogP contribution in [-0.2, 0) is 16.1 Å². The van der Waals surface area contributed by atoms with Gasteiger partial charge in [-0.25, -0.2) is 4.79 Å². The molecule has 2 aromatic rings. The minimum absolute atomic E-state index is 0.00214. The molecule has 1 aliphatic heterocycles. The predicted octanol–water partition coefficient (Wildman–Crippen LogP) is 2.48. The van der Waals surface area contributed by atoms with E-state index in [9.17, 15) is 25.0 Å². The smallest absolute Gasteiger partial charge is 0.338 e. The second-order valence-electron chi connectivity index (χ2n) is 5.86. The summed E-state index contributed by atoms with van der Waals surface area (Å²) >= 11 is 0. The van der Waals surface area contributed by atoms with Gasteiger partial charge in [0.2, 0.25) is 0 Å². The molecule has 10 heteroatoms. The van der Waals surface area contributed by atoms with E-state index in [1.54, 1.807) is 5.06 Å². The summed E-state index contributed by atoms with van der Waals surface area (Å²) < 4.78 is 5.16. The first kappa shape index (κ1) is 18.4. The normalized spacial score (nSPS) is 16.4. The molecular formula is C17H15N3O7. The molecule has 27 heavy (non-hydrogen) atoms. The summed E-state index contributed by atoms with van der Waals surface area (Å²) in [5, 5.41) is 23.5. The third-order valence-corrected chi connectivity index (χ3v) is 3.99. The maximum Gasteiger partial charge on any atom is 0.338 e. The van der Waals surface area contributed by atoms with E-state index in [2.05, 4.69) is 0 Å². The van der Waals surface area contributed by atoms with Crippen molar-refractivity contribution in [2.75, 3.05) is 13.2 Å². The van der Waals surface area contributed by atoms with E-state index in [-0.39, 0.29) is 18.2 Å². The second-order valence-corrected chi connectivity index (χ2v) is 5.86. The molecule has 2 aromatic carbocycles. The van der Waals surface area contributed by atoms with Crippen molar-refractivity contribution < 1.29 is 24.2 Å². The Hall–Kier alpha value is -3.37. The second kappa shape index (κ2) is 7.89. The van der Waals surface area contributed by atoms with Crippen LogP contribution in [0.25, 0.3) is 0 Å². The number of nitrogens with zero attached hydrogens (tertiary/aromatic N) is 3. The Balaban J connectivity index is 1.62. The summed E-state index contributed by atoms with van der Waals surface area (Å²) in [6.07, 6.45) is 0. The highest BCUT2D eigenvalue weighted by atomic mass is 16.7. The van der Waals surface area contributed by atoms with Crippen molar-refractivity contribution in [2.45, 2.75) is 12.6 Å². The van der Waals surface area contributed by atoms with Gasteiger partial charge in [-0.15, -0.1) is 0 Å². The number of esters is 1. The van der Waals surface area contributed by atoms with E-state index in [1.807, 2.05) is 30.3 Å². The highest BCUT2D eigenvalue weighted by Crippen LogP contribution is 2.24. The number of rotatable bonds is 7. The Morgan fingerprint density at radius 2 is 1.74 bits per heavy atom. The molecule has 0 amide bonds. The molecule has 0 saturated carbocycles. The molecule has 0 radical (unpaired) electrons. The zero-order chi connectivity index (χ0) is 19.4. The number of hydrogen-bond donors (Lipinski definition) is 0. The van der Waals surface area contributed by atoms with Crippen LogP contribution in [0.15, 0.2) is 48.5 Å². The van der Waals surface area contributed by atoms with Gasteiger partial charge in [0.25, 0.3) is 11.4 Å². The van der Waals surface area contributed by atoms with Gasteiger partial charge in [-0.2, -0.15) is 5.06 Å². The third-order valence-electron chi connectivity index (χ3n) is 3.99. The Bertz CT molecular complexity index is 840. The van der Waals surface area contributed by atoms with Crippen LogP contribution in [-0.4, -0.2) is 40.1 Å². The monoisotopic (exact) mass is 373 g/mol. The molecular weight excluding hydrogens is 358 g/mol. The molecule has 1 saturated heterocycles. The molecule has 0 aromatic heterocycles. The molecule has 0 N–H and O–H groups in total. The Labute approximate surface area is 153 Å². The van der Waals surface area contributed by atoms with Crippen molar-refractivity contribution in [2.24, 2.45) is 0 Å². The number of hydrogen-bond acceptors (Lipinski definition) is 8. The van der Waals surface area contributed by atoms with E-state index in [0.717, 1.165) is 23.8 Å². The maximum absolute atomic E-state index is 12.2. The molecule has 1 heterocycles. The SMILES string of the molecule is O=C(OCC1CON1Cc1ccccc1)c1cc([N+](=O)[O-])cc([N+](=O)[O-])c1. The van der Waals surface area contributed by atoms with Crippen molar-refractivity contribution >= 4 is 17.3 Å². The van der Waals surface area contributed by atoms with E-state index >= 15 is 0 Å². The van der Waals surface area contributed by atoms with Gasteiger partial charge in [0.05, 0.1) is 34.1 Å². The standard InChI is InChI=1S/C17H15N3O7/c21-17(13-6-14(19(22)23)8-15(7-13)20(24)25)26-10-16-11-27-18(16)9-12-4-2-1-3-5-12/h1-8,16H,9-11H2. The molecule has 1 unspecified atom stereocenters. The van der Waals surface area contributed by atoms with Crippen molar-refractivity contribution in [3.05, 3.63) is 79.9 Å². The summed E-state index contributed by atoms with van der Waals surface area (Å²) in [5.74, 6) is -0.867. The summed E-state index contributed by atoms with van der Waals surface area (Å²) in [7, 11) is 0. The lowest BCUT2D eigenvalue weighted by atomic mass is 10.1. The van der Waals surface area contributed by atoms with Crippen LogP contribution in [0.4, 0.5) is 11.4 Å². The Morgan fingerprint density at radius 1 is 1.11 bits per heavy atom. The van der Waals surface area contributed by atoms with Crippen LogP contribution < -0.4 is 0 Å². The van der Waals surface area contributed by atoms with Crippen LogP contribution in [0.2, 0.25) is 0 Å². The third kappa shape index (κ3) is 4.43. The van der Waals surface area contributed by atoms with Crippen LogP contribution in [0.5, 0.6) is 0 Å². The predicted molar refractivity (Wildman–Crippen MR) is 91.8 cm³/mol. The number of nitro benzene ring substituents is 2. The van der Waals surface area contributed by atoms with Gasteiger partial charge >= 0.3 is 5.97 Å². The van der Waals surface area contributed by atoms with Gasteiger partial charge in [0, 0.05) is 18.7 Å². The van der Waals surface area contributed by atoms with Crippen LogP contribution in [0, 0.1) is 20.2 Å². The van der Waals surface area contributed by atoms with Crippen LogP contribution >= 0.6 is 0 Å². The average Bonchev–Trinajstić information content (AvgIpc) is 2.65. The lowest BCUT2D eigenvalue weighted by Gasteiger charge is -2.39. The summed E-state index contributed by atoms with van der Waals surface area (Å²) in [6, 6.07) is 12.1. The fraction of sp³-hybridized carbons (Fsp3) is 0.235. The molecule has 0 spiro atoms. The largest absolute Gasteiger partial charge is 0.460 e. The number of nitro groups is 2. The highest BCUT2D eigenvalue weighted by molar-refractivity contribution is 5.91. The molecule has 10 nitrogen and oxygen atoms in total. The van der Waals surface area contributed by atoms with Gasteiger partial charge in [-0.1, -0.05) is 30.3 Å². The van der Waals surface area contributed by atoms with Crippen molar-refractivity contribution in [3.63, 3.8) is 0 Å². The lowest BCUT2D eigenvalue weighted by molar-refractivity contribution is -0.394. The van der Waals surface area contributed by atoms with Gasteiger partial charge in [0.1, 0.15) is 6.61 Å². The van der Waals surface area contributed by atoms with Crippen LogP contribution in [0.3, 0.4) is 0 Å². The fourth-order valence-electron chi connectivity index (χ4n) is 2.53. The average molecular weight is 373 g/mol. The van der Waals surface area contributed by atoms with E-state index in [4.69, 9.17) is 9.57 Å². The summed E-state index contributed by atoms with van der Waals surface area (Å²) in [4.78, 5) is 37.7. The minimum atomic E-state index is -0.867. The van der Waals surface area contributed by atoms with Crippen LogP contribution in [0.1, 0.15) is 15.9 Å². The summed E-state index contributed by atoms with van der Waals surface area (Å²) in [6.45, 7) is 0.892. The number of benzene rings is 2. The molecule has 1 aliphatic rings. The van der Waals surface area contributed by atoms with Crippen molar-refractivity contribution in [3.8, 4) is 0 Å².